The van der Waals surface area contributed by atoms with E-state index in [0.29, 0.717) is 37.7 Å². The van der Waals surface area contributed by atoms with Crippen LogP contribution < -0.4 is 10.2 Å². The molecule has 0 spiro atoms. The van der Waals surface area contributed by atoms with Crippen molar-refractivity contribution in [3.05, 3.63) is 60.7 Å². The van der Waals surface area contributed by atoms with Gasteiger partial charge in [-0.15, -0.1) is 10.2 Å². The monoisotopic (exact) mass is 367 g/mol. The quantitative estimate of drug-likeness (QED) is 0.767. The van der Waals surface area contributed by atoms with E-state index in [-0.39, 0.29) is 11.8 Å². The summed E-state index contributed by atoms with van der Waals surface area (Å²) in [4.78, 5) is 16.1. The maximum Gasteiger partial charge on any atom is 0.321 e. The third-order valence-corrected chi connectivity index (χ3v) is 4.36. The van der Waals surface area contributed by atoms with E-state index in [1.54, 1.807) is 27.9 Å². The van der Waals surface area contributed by atoms with Crippen LogP contribution in [0.15, 0.2) is 54.9 Å². The number of aromatic nitrogens is 4. The highest BCUT2D eigenvalue weighted by Crippen LogP contribution is 2.15. The Kier molecular flexibility index (Phi) is 4.65. The van der Waals surface area contributed by atoms with Crippen molar-refractivity contribution >= 4 is 17.5 Å². The molecular weight excluding hydrogens is 349 g/mol. The fourth-order valence-electron chi connectivity index (χ4n) is 2.89. The summed E-state index contributed by atoms with van der Waals surface area (Å²) in [6.07, 6.45) is 3.49. The van der Waals surface area contributed by atoms with Crippen molar-refractivity contribution in [3.8, 4) is 5.82 Å². The summed E-state index contributed by atoms with van der Waals surface area (Å²) >= 11 is 0. The smallest absolute Gasteiger partial charge is 0.321 e. The van der Waals surface area contributed by atoms with E-state index < -0.39 is 0 Å². The number of hydrogen-bond donors (Lipinski definition) is 1. The van der Waals surface area contributed by atoms with Gasteiger partial charge in [-0.25, -0.2) is 13.9 Å². The Hall–Kier alpha value is -3.49. The first-order chi connectivity index (χ1) is 13.2. The van der Waals surface area contributed by atoms with E-state index in [1.165, 1.54) is 12.1 Å². The molecular formula is C18H18FN7O. The third-order valence-electron chi connectivity index (χ3n) is 4.36. The molecule has 1 aromatic carbocycles. The van der Waals surface area contributed by atoms with Gasteiger partial charge in [-0.1, -0.05) is 0 Å². The SMILES string of the molecule is O=C(Nc1ccc(F)cc1)N1CCN(c2ccc(-n3cccn3)nn2)CC1. The van der Waals surface area contributed by atoms with Crippen molar-refractivity contribution in [1.29, 1.82) is 0 Å². The second kappa shape index (κ2) is 7.40. The first-order valence-corrected chi connectivity index (χ1v) is 8.59. The Morgan fingerprint density at radius 3 is 2.30 bits per heavy atom. The van der Waals surface area contributed by atoms with E-state index in [2.05, 4.69) is 25.5 Å². The number of anilines is 2. The Bertz CT molecular complexity index is 888. The lowest BCUT2D eigenvalue weighted by Gasteiger charge is -2.35. The normalized spacial score (nSPS) is 14.3. The summed E-state index contributed by atoms with van der Waals surface area (Å²) in [5.41, 5.74) is 0.573. The lowest BCUT2D eigenvalue weighted by molar-refractivity contribution is 0.208. The lowest BCUT2D eigenvalue weighted by Crippen LogP contribution is -2.50. The molecule has 1 aliphatic rings. The number of amides is 2. The molecule has 9 heteroatoms. The largest absolute Gasteiger partial charge is 0.352 e. The van der Waals surface area contributed by atoms with Crippen molar-refractivity contribution in [3.63, 3.8) is 0 Å². The molecule has 0 aliphatic carbocycles. The molecule has 138 valence electrons. The number of carbonyl (C=O) groups excluding carboxylic acids is 1. The first-order valence-electron chi connectivity index (χ1n) is 8.59. The number of hydrogen-bond acceptors (Lipinski definition) is 5. The Morgan fingerprint density at radius 2 is 1.67 bits per heavy atom. The zero-order valence-electron chi connectivity index (χ0n) is 14.5. The van der Waals surface area contributed by atoms with Crippen LogP contribution in [-0.2, 0) is 0 Å². The van der Waals surface area contributed by atoms with Crippen LogP contribution in [-0.4, -0.2) is 57.1 Å². The molecule has 2 amide bonds. The van der Waals surface area contributed by atoms with Crippen LogP contribution in [0, 0.1) is 5.82 Å². The standard InChI is InChI=1S/C18H18FN7O/c19-14-2-4-15(5-3-14)21-18(27)25-12-10-24(11-13-25)16-6-7-17(23-22-16)26-9-1-8-20-26/h1-9H,10-13H2,(H,21,27). The molecule has 0 unspecified atom stereocenters. The van der Waals surface area contributed by atoms with Crippen molar-refractivity contribution in [2.24, 2.45) is 0 Å². The Balaban J connectivity index is 1.33. The summed E-state index contributed by atoms with van der Waals surface area (Å²) in [5.74, 6) is 1.09. The predicted molar refractivity (Wildman–Crippen MR) is 98.4 cm³/mol. The number of piperazine rings is 1. The van der Waals surface area contributed by atoms with Crippen LogP contribution in [0.3, 0.4) is 0 Å². The summed E-state index contributed by atoms with van der Waals surface area (Å²) in [6.45, 7) is 2.45. The minimum absolute atomic E-state index is 0.193. The van der Waals surface area contributed by atoms with Gasteiger partial charge >= 0.3 is 6.03 Å². The molecule has 27 heavy (non-hydrogen) atoms. The molecule has 0 radical (unpaired) electrons. The predicted octanol–water partition coefficient (Wildman–Crippen LogP) is 2.16. The van der Waals surface area contributed by atoms with Gasteiger partial charge < -0.3 is 15.1 Å². The first kappa shape index (κ1) is 17.0. The van der Waals surface area contributed by atoms with Gasteiger partial charge in [0.25, 0.3) is 0 Å². The van der Waals surface area contributed by atoms with E-state index in [9.17, 15) is 9.18 Å². The minimum Gasteiger partial charge on any atom is -0.352 e. The van der Waals surface area contributed by atoms with Gasteiger partial charge in [0.05, 0.1) is 0 Å². The fourth-order valence-corrected chi connectivity index (χ4v) is 2.89. The van der Waals surface area contributed by atoms with E-state index in [1.807, 2.05) is 24.4 Å². The molecule has 0 saturated carbocycles. The van der Waals surface area contributed by atoms with Gasteiger partial charge in [-0.2, -0.15) is 5.10 Å². The van der Waals surface area contributed by atoms with E-state index in [4.69, 9.17) is 0 Å². The molecule has 2 aromatic heterocycles. The lowest BCUT2D eigenvalue weighted by atomic mass is 10.3. The summed E-state index contributed by atoms with van der Waals surface area (Å²) in [5, 5.41) is 15.4. The van der Waals surface area contributed by atoms with Crippen LogP contribution in [0.4, 0.5) is 20.7 Å². The number of urea groups is 1. The summed E-state index contributed by atoms with van der Waals surface area (Å²) < 4.78 is 14.6. The van der Waals surface area contributed by atoms with Gasteiger partial charge in [-0.3, -0.25) is 0 Å². The number of halogens is 1. The van der Waals surface area contributed by atoms with Gasteiger partial charge in [0.2, 0.25) is 0 Å². The number of nitrogens with one attached hydrogen (secondary N) is 1. The fraction of sp³-hybridized carbons (Fsp3) is 0.222. The zero-order valence-corrected chi connectivity index (χ0v) is 14.5. The van der Waals surface area contributed by atoms with Gasteiger partial charge in [0.1, 0.15) is 5.82 Å². The van der Waals surface area contributed by atoms with Crippen molar-refractivity contribution < 1.29 is 9.18 Å². The number of nitrogens with zero attached hydrogens (tertiary/aromatic N) is 6. The average Bonchev–Trinajstić information content (AvgIpc) is 3.25. The molecule has 1 aliphatic heterocycles. The second-order valence-electron chi connectivity index (χ2n) is 6.11. The van der Waals surface area contributed by atoms with Gasteiger partial charge in [-0.05, 0) is 42.5 Å². The highest BCUT2D eigenvalue weighted by molar-refractivity contribution is 5.89. The molecule has 1 saturated heterocycles. The maximum absolute atomic E-state index is 12.9. The van der Waals surface area contributed by atoms with Crippen LogP contribution in [0.1, 0.15) is 0 Å². The van der Waals surface area contributed by atoms with Crippen molar-refractivity contribution in [1.82, 2.24) is 24.9 Å². The topological polar surface area (TPSA) is 79.2 Å². The number of rotatable bonds is 3. The summed E-state index contributed by atoms with van der Waals surface area (Å²) in [6, 6.07) is 11.1. The van der Waals surface area contributed by atoms with Crippen LogP contribution >= 0.6 is 0 Å². The van der Waals surface area contributed by atoms with Crippen LogP contribution in [0.2, 0.25) is 0 Å². The molecule has 1 N–H and O–H groups in total. The molecule has 0 atom stereocenters. The molecule has 3 aromatic rings. The van der Waals surface area contributed by atoms with Crippen molar-refractivity contribution in [2.45, 2.75) is 0 Å². The van der Waals surface area contributed by atoms with E-state index >= 15 is 0 Å². The zero-order chi connectivity index (χ0) is 18.6. The van der Waals surface area contributed by atoms with Gasteiger partial charge in [0.15, 0.2) is 11.6 Å². The Morgan fingerprint density at radius 1 is 0.963 bits per heavy atom. The second-order valence-corrected chi connectivity index (χ2v) is 6.11. The number of benzene rings is 1. The van der Waals surface area contributed by atoms with Crippen LogP contribution in [0.25, 0.3) is 5.82 Å². The molecule has 1 fully saturated rings. The van der Waals surface area contributed by atoms with E-state index in [0.717, 1.165) is 5.82 Å². The molecule has 8 nitrogen and oxygen atoms in total. The molecule has 0 bridgehead atoms. The third kappa shape index (κ3) is 3.86. The average molecular weight is 367 g/mol. The minimum atomic E-state index is -0.332. The number of carbonyl (C=O) groups is 1. The van der Waals surface area contributed by atoms with Gasteiger partial charge in [0, 0.05) is 44.3 Å². The Labute approximate surface area is 155 Å². The summed E-state index contributed by atoms with van der Waals surface area (Å²) in [7, 11) is 0. The van der Waals surface area contributed by atoms with Crippen molar-refractivity contribution in [2.75, 3.05) is 36.4 Å². The molecule has 4 rings (SSSR count). The highest BCUT2D eigenvalue weighted by atomic mass is 19.1. The molecule has 3 heterocycles. The highest BCUT2D eigenvalue weighted by Gasteiger charge is 2.22. The van der Waals surface area contributed by atoms with Crippen LogP contribution in [0.5, 0.6) is 0 Å². The maximum atomic E-state index is 12.9.